The van der Waals surface area contributed by atoms with E-state index in [2.05, 4.69) is 41.5 Å². The molecule has 1 rings (SSSR count). The second-order valence-electron chi connectivity index (χ2n) is 4.97. The summed E-state index contributed by atoms with van der Waals surface area (Å²) in [6, 6.07) is 0. The fraction of sp³-hybridized carbons (Fsp3) is 1.00. The smallest absolute Gasteiger partial charge is 0.0298 e. The molecule has 1 saturated carbocycles. The van der Waals surface area contributed by atoms with Crippen LogP contribution in [-0.4, -0.2) is 0 Å². The summed E-state index contributed by atoms with van der Waals surface area (Å²) in [5.74, 6) is 2.02. The molecule has 2 unspecified atom stereocenters. The molecule has 0 N–H and O–H groups in total. The van der Waals surface area contributed by atoms with Crippen molar-refractivity contribution in [1.82, 2.24) is 0 Å². The van der Waals surface area contributed by atoms with Crippen LogP contribution in [0.2, 0.25) is 0 Å². The molecule has 2 atom stereocenters. The van der Waals surface area contributed by atoms with Gasteiger partial charge in [-0.25, -0.2) is 0 Å². The second kappa shape index (κ2) is 5.67. The first-order valence-corrected chi connectivity index (χ1v) is 6.04. The SMILES string of the molecule is CCC.CCC1CC(CC)C1(C)C. The highest BCUT2D eigenvalue weighted by atomic mass is 14.5. The maximum absolute atomic E-state index is 2.43. The highest BCUT2D eigenvalue weighted by molar-refractivity contribution is 4.94. The van der Waals surface area contributed by atoms with Crippen molar-refractivity contribution in [2.75, 3.05) is 0 Å². The van der Waals surface area contributed by atoms with E-state index in [1.54, 1.807) is 0 Å². The van der Waals surface area contributed by atoms with Gasteiger partial charge in [-0.1, -0.05) is 60.8 Å². The quantitative estimate of drug-likeness (QED) is 0.573. The topological polar surface area (TPSA) is 0 Å². The van der Waals surface area contributed by atoms with Crippen molar-refractivity contribution in [3.63, 3.8) is 0 Å². The van der Waals surface area contributed by atoms with Gasteiger partial charge in [0.25, 0.3) is 0 Å². The molecule has 13 heavy (non-hydrogen) atoms. The van der Waals surface area contributed by atoms with Crippen molar-refractivity contribution < 1.29 is 0 Å². The van der Waals surface area contributed by atoms with Crippen LogP contribution in [0, 0.1) is 17.3 Å². The maximum Gasteiger partial charge on any atom is -0.0298 e. The first-order chi connectivity index (χ1) is 6.04. The molecule has 0 bridgehead atoms. The second-order valence-corrected chi connectivity index (χ2v) is 4.97. The summed E-state index contributed by atoms with van der Waals surface area (Å²) in [5.41, 5.74) is 0.656. The van der Waals surface area contributed by atoms with Crippen molar-refractivity contribution in [2.45, 2.75) is 67.2 Å². The molecule has 0 saturated heterocycles. The lowest BCUT2D eigenvalue weighted by Crippen LogP contribution is -2.43. The molecule has 1 aliphatic rings. The van der Waals surface area contributed by atoms with Gasteiger partial charge in [0.15, 0.2) is 0 Å². The van der Waals surface area contributed by atoms with Crippen LogP contribution in [0.3, 0.4) is 0 Å². The van der Waals surface area contributed by atoms with Gasteiger partial charge in [0, 0.05) is 0 Å². The van der Waals surface area contributed by atoms with Crippen LogP contribution < -0.4 is 0 Å². The molecule has 0 aromatic rings. The van der Waals surface area contributed by atoms with Crippen molar-refractivity contribution in [3.05, 3.63) is 0 Å². The Morgan fingerprint density at radius 3 is 1.38 bits per heavy atom. The lowest BCUT2D eigenvalue weighted by molar-refractivity contribution is -0.0243. The van der Waals surface area contributed by atoms with Crippen LogP contribution in [0.5, 0.6) is 0 Å². The van der Waals surface area contributed by atoms with Gasteiger partial charge in [-0.3, -0.25) is 0 Å². The third-order valence-corrected chi connectivity index (χ3v) is 3.66. The van der Waals surface area contributed by atoms with Crippen LogP contribution in [-0.2, 0) is 0 Å². The summed E-state index contributed by atoms with van der Waals surface area (Å²) in [6.45, 7) is 13.7. The van der Waals surface area contributed by atoms with E-state index in [1.807, 2.05) is 0 Å². The van der Waals surface area contributed by atoms with Crippen molar-refractivity contribution in [3.8, 4) is 0 Å². The molecule has 0 amide bonds. The minimum absolute atomic E-state index is 0.656. The molecular formula is C13H28. The average molecular weight is 184 g/mol. The molecular weight excluding hydrogens is 156 g/mol. The van der Waals surface area contributed by atoms with Crippen LogP contribution in [0.25, 0.3) is 0 Å². The molecule has 0 heterocycles. The Labute approximate surface area is 85.1 Å². The Kier molecular flexibility index (Phi) is 5.67. The molecule has 1 aliphatic carbocycles. The van der Waals surface area contributed by atoms with E-state index >= 15 is 0 Å². The standard InChI is InChI=1S/C10H20.C3H8/c1-5-8-7-9(6-2)10(8,3)4;1-3-2/h8-9H,5-7H2,1-4H3;3H2,1-2H3. The Morgan fingerprint density at radius 1 is 0.923 bits per heavy atom. The molecule has 0 radical (unpaired) electrons. The normalized spacial score (nSPS) is 30.0. The monoisotopic (exact) mass is 184 g/mol. The average Bonchev–Trinajstić information content (AvgIpc) is 2.05. The Bertz CT molecular complexity index is 112. The van der Waals surface area contributed by atoms with E-state index in [4.69, 9.17) is 0 Å². The molecule has 0 spiro atoms. The summed E-state index contributed by atoms with van der Waals surface area (Å²) in [6.07, 6.45) is 5.49. The van der Waals surface area contributed by atoms with Crippen molar-refractivity contribution >= 4 is 0 Å². The lowest BCUT2D eigenvalue weighted by atomic mass is 9.53. The first kappa shape index (κ1) is 13.0. The first-order valence-electron chi connectivity index (χ1n) is 6.04. The fourth-order valence-electron chi connectivity index (χ4n) is 2.51. The summed E-state index contributed by atoms with van der Waals surface area (Å²) in [7, 11) is 0. The Balaban J connectivity index is 0.000000424. The van der Waals surface area contributed by atoms with Gasteiger partial charge >= 0.3 is 0 Å². The van der Waals surface area contributed by atoms with E-state index in [0.29, 0.717) is 5.41 Å². The van der Waals surface area contributed by atoms with Gasteiger partial charge in [0.1, 0.15) is 0 Å². The van der Waals surface area contributed by atoms with E-state index in [-0.39, 0.29) is 0 Å². The minimum atomic E-state index is 0.656. The molecule has 0 aromatic carbocycles. The zero-order valence-corrected chi connectivity index (χ0v) is 10.5. The van der Waals surface area contributed by atoms with E-state index < -0.39 is 0 Å². The molecule has 0 aliphatic heterocycles. The van der Waals surface area contributed by atoms with Crippen LogP contribution in [0.15, 0.2) is 0 Å². The van der Waals surface area contributed by atoms with E-state index in [1.165, 1.54) is 25.7 Å². The van der Waals surface area contributed by atoms with Crippen molar-refractivity contribution in [1.29, 1.82) is 0 Å². The Hall–Kier alpha value is 0. The fourth-order valence-corrected chi connectivity index (χ4v) is 2.51. The third-order valence-electron chi connectivity index (χ3n) is 3.66. The van der Waals surface area contributed by atoms with Gasteiger partial charge in [-0.15, -0.1) is 0 Å². The van der Waals surface area contributed by atoms with Gasteiger partial charge in [-0.2, -0.15) is 0 Å². The number of hydrogen-bond acceptors (Lipinski definition) is 0. The predicted octanol–water partition coefficient (Wildman–Crippen LogP) is 4.89. The minimum Gasteiger partial charge on any atom is -0.0656 e. The van der Waals surface area contributed by atoms with Gasteiger partial charge in [0.05, 0.1) is 0 Å². The maximum atomic E-state index is 2.43. The molecule has 0 aromatic heterocycles. The Morgan fingerprint density at radius 2 is 1.23 bits per heavy atom. The molecule has 0 nitrogen and oxygen atoms in total. The van der Waals surface area contributed by atoms with Crippen LogP contribution >= 0.6 is 0 Å². The summed E-state index contributed by atoms with van der Waals surface area (Å²) in [5, 5.41) is 0. The van der Waals surface area contributed by atoms with Crippen molar-refractivity contribution in [2.24, 2.45) is 17.3 Å². The van der Waals surface area contributed by atoms with Gasteiger partial charge in [-0.05, 0) is 23.7 Å². The highest BCUT2D eigenvalue weighted by Crippen LogP contribution is 2.53. The predicted molar refractivity (Wildman–Crippen MR) is 61.9 cm³/mol. The van der Waals surface area contributed by atoms with E-state index in [9.17, 15) is 0 Å². The zero-order valence-electron chi connectivity index (χ0n) is 10.5. The lowest BCUT2D eigenvalue weighted by Gasteiger charge is -2.52. The summed E-state index contributed by atoms with van der Waals surface area (Å²) >= 11 is 0. The van der Waals surface area contributed by atoms with Crippen LogP contribution in [0.1, 0.15) is 67.2 Å². The van der Waals surface area contributed by atoms with Crippen LogP contribution in [0.4, 0.5) is 0 Å². The third kappa shape index (κ3) is 3.00. The molecule has 80 valence electrons. The highest BCUT2D eigenvalue weighted by Gasteiger charge is 2.45. The summed E-state index contributed by atoms with van der Waals surface area (Å²) < 4.78 is 0. The van der Waals surface area contributed by atoms with E-state index in [0.717, 1.165) is 11.8 Å². The van der Waals surface area contributed by atoms with Gasteiger partial charge in [0.2, 0.25) is 0 Å². The number of rotatable bonds is 2. The van der Waals surface area contributed by atoms with Gasteiger partial charge < -0.3 is 0 Å². The summed E-state index contributed by atoms with van der Waals surface area (Å²) in [4.78, 5) is 0. The largest absolute Gasteiger partial charge is 0.0656 e. The molecule has 0 heteroatoms. The molecule has 1 fully saturated rings. The zero-order chi connectivity index (χ0) is 10.5. The number of hydrogen-bond donors (Lipinski definition) is 0.